The van der Waals surface area contributed by atoms with Gasteiger partial charge in [-0.2, -0.15) is 0 Å². The van der Waals surface area contributed by atoms with Gasteiger partial charge in [-0.15, -0.1) is 0 Å². The molecule has 33 heavy (non-hydrogen) atoms. The van der Waals surface area contributed by atoms with E-state index in [0.29, 0.717) is 13.2 Å². The molecule has 0 spiro atoms. The van der Waals surface area contributed by atoms with Crippen LogP contribution in [0.25, 0.3) is 10.4 Å². The molecule has 0 unspecified atom stereocenters. The van der Waals surface area contributed by atoms with E-state index in [9.17, 15) is 5.11 Å². The lowest BCUT2D eigenvalue weighted by Crippen LogP contribution is -2.45. The second-order valence-electron chi connectivity index (χ2n) is 7.58. The van der Waals surface area contributed by atoms with Crippen LogP contribution in [-0.2, 0) is 34.0 Å². The van der Waals surface area contributed by atoms with Crippen LogP contribution in [0.4, 0.5) is 0 Å². The number of hydrogen-bond acceptors (Lipinski definition) is 5. The third kappa shape index (κ3) is 8.69. The normalized spacial score (nSPS) is 13.6. The fraction of sp³-hybridized carbons (Fsp3) is 0.308. The molecule has 0 amide bonds. The second kappa shape index (κ2) is 14.1. The molecule has 0 aliphatic carbocycles. The van der Waals surface area contributed by atoms with Gasteiger partial charge in [0.1, 0.15) is 12.2 Å². The predicted octanol–water partition coefficient (Wildman–Crippen LogP) is 5.05. The molecule has 3 rings (SSSR count). The highest BCUT2D eigenvalue weighted by molar-refractivity contribution is 5.15. The minimum Gasteiger partial charge on any atom is -0.388 e. The van der Waals surface area contributed by atoms with Gasteiger partial charge < -0.3 is 19.3 Å². The highest BCUT2D eigenvalue weighted by Crippen LogP contribution is 2.17. The number of benzene rings is 3. The van der Waals surface area contributed by atoms with E-state index in [1.54, 1.807) is 0 Å². The van der Waals surface area contributed by atoms with Gasteiger partial charge in [0.15, 0.2) is 0 Å². The Bertz CT molecular complexity index is 967. The van der Waals surface area contributed by atoms with Gasteiger partial charge in [0.25, 0.3) is 0 Å². The van der Waals surface area contributed by atoms with E-state index in [1.165, 1.54) is 0 Å². The van der Waals surface area contributed by atoms with Gasteiger partial charge in [0.05, 0.1) is 39.1 Å². The Kier molecular flexibility index (Phi) is 10.4. The molecule has 3 aromatic carbocycles. The van der Waals surface area contributed by atoms with Gasteiger partial charge in [0.2, 0.25) is 0 Å². The van der Waals surface area contributed by atoms with Crippen molar-refractivity contribution < 1.29 is 19.3 Å². The van der Waals surface area contributed by atoms with Crippen LogP contribution < -0.4 is 0 Å². The Balaban J connectivity index is 1.68. The molecule has 0 aliphatic rings. The summed E-state index contributed by atoms with van der Waals surface area (Å²) in [6.07, 6.45) is -2.39. The zero-order valence-corrected chi connectivity index (χ0v) is 18.4. The summed E-state index contributed by atoms with van der Waals surface area (Å²) in [4.78, 5) is 2.87. The van der Waals surface area contributed by atoms with E-state index in [2.05, 4.69) is 10.0 Å². The first-order valence-electron chi connectivity index (χ1n) is 10.9. The monoisotopic (exact) mass is 447 g/mol. The number of aliphatic hydroxyl groups excluding tert-OH is 1. The predicted molar refractivity (Wildman–Crippen MR) is 126 cm³/mol. The Morgan fingerprint density at radius 3 is 1.73 bits per heavy atom. The van der Waals surface area contributed by atoms with Crippen LogP contribution in [0.5, 0.6) is 0 Å². The zero-order valence-electron chi connectivity index (χ0n) is 18.4. The lowest BCUT2D eigenvalue weighted by atomic mass is 10.1. The van der Waals surface area contributed by atoms with Crippen LogP contribution in [0.1, 0.15) is 16.7 Å². The first kappa shape index (κ1) is 24.5. The zero-order chi connectivity index (χ0) is 23.1. The summed E-state index contributed by atoms with van der Waals surface area (Å²) in [5.41, 5.74) is 11.8. The average Bonchev–Trinajstić information content (AvgIpc) is 2.87. The number of ether oxygens (including phenoxy) is 3. The van der Waals surface area contributed by atoms with E-state index in [0.717, 1.165) is 16.7 Å². The van der Waals surface area contributed by atoms with Crippen LogP contribution in [-0.4, -0.2) is 36.6 Å². The van der Waals surface area contributed by atoms with Crippen molar-refractivity contribution in [2.24, 2.45) is 5.11 Å². The molecule has 172 valence electrons. The van der Waals surface area contributed by atoms with Gasteiger partial charge in [-0.3, -0.25) is 0 Å². The van der Waals surface area contributed by atoms with E-state index >= 15 is 0 Å². The van der Waals surface area contributed by atoms with Gasteiger partial charge in [-0.05, 0) is 22.2 Å². The summed E-state index contributed by atoms with van der Waals surface area (Å²) in [7, 11) is 0. The standard InChI is InChI=1S/C26H29N3O4/c27-29-28-16-25(32-18-22-12-6-2-7-13-22)26(33-19-23-14-8-3-9-15-23)24(30)20-31-17-21-10-4-1-5-11-21/h1-15,24-26,30H,16-20H2/t24-,25-,26-/m1/s1. The molecule has 0 saturated carbocycles. The van der Waals surface area contributed by atoms with Crippen molar-refractivity contribution in [1.82, 2.24) is 0 Å². The van der Waals surface area contributed by atoms with Crippen molar-refractivity contribution in [2.75, 3.05) is 13.2 Å². The number of rotatable bonds is 14. The molecule has 0 saturated heterocycles. The van der Waals surface area contributed by atoms with Crippen molar-refractivity contribution in [3.05, 3.63) is 118 Å². The minimum absolute atomic E-state index is 0.0263. The molecule has 1 N–H and O–H groups in total. The lowest BCUT2D eigenvalue weighted by molar-refractivity contribution is -0.144. The molecule has 0 fully saturated rings. The molecular weight excluding hydrogens is 418 g/mol. The smallest absolute Gasteiger partial charge is 0.112 e. The largest absolute Gasteiger partial charge is 0.388 e. The van der Waals surface area contributed by atoms with Crippen molar-refractivity contribution in [3.8, 4) is 0 Å². The third-order valence-electron chi connectivity index (χ3n) is 5.06. The molecule has 3 aromatic rings. The fourth-order valence-electron chi connectivity index (χ4n) is 3.35. The minimum atomic E-state index is -0.980. The quantitative estimate of drug-likeness (QED) is 0.213. The highest BCUT2D eigenvalue weighted by Gasteiger charge is 2.30. The molecular formula is C26H29N3O4. The third-order valence-corrected chi connectivity index (χ3v) is 5.06. The summed E-state index contributed by atoms with van der Waals surface area (Å²) in [6.45, 7) is 1.03. The van der Waals surface area contributed by atoms with Crippen LogP contribution in [0, 0.1) is 0 Å². The van der Waals surface area contributed by atoms with Crippen LogP contribution in [0.2, 0.25) is 0 Å². The van der Waals surface area contributed by atoms with Crippen LogP contribution in [0.3, 0.4) is 0 Å². The number of hydrogen-bond donors (Lipinski definition) is 1. The fourth-order valence-corrected chi connectivity index (χ4v) is 3.35. The average molecular weight is 448 g/mol. The van der Waals surface area contributed by atoms with Crippen molar-refractivity contribution >= 4 is 0 Å². The van der Waals surface area contributed by atoms with Gasteiger partial charge in [-0.25, -0.2) is 0 Å². The Morgan fingerprint density at radius 1 is 0.727 bits per heavy atom. The summed E-state index contributed by atoms with van der Waals surface area (Å²) in [5.74, 6) is 0. The van der Waals surface area contributed by atoms with Gasteiger partial charge >= 0.3 is 0 Å². The number of nitrogens with zero attached hydrogens (tertiary/aromatic N) is 3. The molecule has 0 bridgehead atoms. The van der Waals surface area contributed by atoms with Gasteiger partial charge in [-0.1, -0.05) is 96.1 Å². The molecule has 0 radical (unpaired) electrons. The highest BCUT2D eigenvalue weighted by atomic mass is 16.6. The molecule has 3 atom stereocenters. The number of azide groups is 1. The van der Waals surface area contributed by atoms with E-state index < -0.39 is 18.3 Å². The molecule has 0 aromatic heterocycles. The van der Waals surface area contributed by atoms with E-state index in [4.69, 9.17) is 19.7 Å². The Hall–Kier alpha value is -3.19. The summed E-state index contributed by atoms with van der Waals surface area (Å²) in [6, 6.07) is 29.1. The Morgan fingerprint density at radius 2 is 1.21 bits per heavy atom. The SMILES string of the molecule is [N-]=[N+]=NC[C@@H](OCc1ccccc1)[C@H](OCc1ccccc1)[C@H](O)COCc1ccccc1. The van der Waals surface area contributed by atoms with Crippen molar-refractivity contribution in [1.29, 1.82) is 0 Å². The number of aliphatic hydroxyl groups is 1. The molecule has 7 nitrogen and oxygen atoms in total. The van der Waals surface area contributed by atoms with Crippen LogP contribution >= 0.6 is 0 Å². The van der Waals surface area contributed by atoms with Crippen molar-refractivity contribution in [3.63, 3.8) is 0 Å². The first-order chi connectivity index (χ1) is 16.3. The first-order valence-corrected chi connectivity index (χ1v) is 10.9. The topological polar surface area (TPSA) is 96.7 Å². The van der Waals surface area contributed by atoms with Crippen molar-refractivity contribution in [2.45, 2.75) is 38.1 Å². The summed E-state index contributed by atoms with van der Waals surface area (Å²) >= 11 is 0. The summed E-state index contributed by atoms with van der Waals surface area (Å²) < 4.78 is 17.9. The van der Waals surface area contributed by atoms with Gasteiger partial charge in [0, 0.05) is 4.91 Å². The molecule has 7 heteroatoms. The molecule has 0 aliphatic heterocycles. The Labute approximate surface area is 194 Å². The van der Waals surface area contributed by atoms with E-state index in [-0.39, 0.29) is 19.8 Å². The summed E-state index contributed by atoms with van der Waals surface area (Å²) in [5, 5.41) is 14.7. The maximum Gasteiger partial charge on any atom is 0.112 e. The molecule has 0 heterocycles. The van der Waals surface area contributed by atoms with Crippen LogP contribution in [0.15, 0.2) is 96.1 Å². The maximum absolute atomic E-state index is 11.0. The van der Waals surface area contributed by atoms with E-state index in [1.807, 2.05) is 91.0 Å². The lowest BCUT2D eigenvalue weighted by Gasteiger charge is -2.30. The second-order valence-corrected chi connectivity index (χ2v) is 7.58. The maximum atomic E-state index is 11.0.